The van der Waals surface area contributed by atoms with E-state index in [0.717, 1.165) is 38.5 Å². The lowest BCUT2D eigenvalue weighted by molar-refractivity contribution is -0.148. The summed E-state index contributed by atoms with van der Waals surface area (Å²) in [6.45, 7) is 5.36. The maximum atomic E-state index is 11.5. The molecule has 1 aliphatic rings. The molecular weight excluding hydrogens is 239 g/mol. The number of unbranched alkanes of at least 4 members (excludes halogenated alkanes) is 1. The van der Waals surface area contributed by atoms with Crippen molar-refractivity contribution in [3.63, 3.8) is 0 Å². The van der Waals surface area contributed by atoms with E-state index in [1.807, 2.05) is 0 Å². The topological polar surface area (TPSA) is 75.4 Å². The minimum atomic E-state index is -1.01. The molecule has 4 N–H and O–H groups in total. The second-order valence-corrected chi connectivity index (χ2v) is 6.47. The third-order valence-electron chi connectivity index (χ3n) is 4.27. The van der Waals surface area contributed by atoms with Crippen molar-refractivity contribution >= 4 is 13.8 Å². The maximum absolute atomic E-state index is 11.5. The van der Waals surface area contributed by atoms with Crippen LogP contribution in [0.3, 0.4) is 0 Å². The number of nitrogens with one attached hydrogen (secondary N) is 1. The van der Waals surface area contributed by atoms with Crippen LogP contribution >= 0.6 is 0 Å². The minimum absolute atomic E-state index is 0.131. The van der Waals surface area contributed by atoms with Crippen molar-refractivity contribution < 1.29 is 9.90 Å². The third kappa shape index (κ3) is 4.50. The summed E-state index contributed by atoms with van der Waals surface area (Å²) in [5.41, 5.74) is 5.17. The molecule has 1 atom stereocenters. The molecule has 0 aliphatic heterocycles. The van der Waals surface area contributed by atoms with Gasteiger partial charge in [-0.25, -0.2) is 0 Å². The second-order valence-electron chi connectivity index (χ2n) is 6.47. The molecule has 1 rings (SSSR count). The van der Waals surface area contributed by atoms with Gasteiger partial charge in [0, 0.05) is 6.04 Å². The van der Waals surface area contributed by atoms with Crippen LogP contribution in [-0.4, -0.2) is 37.0 Å². The Morgan fingerprint density at radius 2 is 2.11 bits per heavy atom. The molecule has 0 spiro atoms. The fraction of sp³-hybridized carbons (Fsp3) is 0.929. The molecule has 5 heteroatoms. The van der Waals surface area contributed by atoms with Crippen molar-refractivity contribution in [1.29, 1.82) is 0 Å². The van der Waals surface area contributed by atoms with Gasteiger partial charge in [0.25, 0.3) is 0 Å². The fourth-order valence-corrected chi connectivity index (χ4v) is 2.76. The van der Waals surface area contributed by atoms with Crippen molar-refractivity contribution in [2.75, 3.05) is 6.54 Å². The zero-order valence-electron chi connectivity index (χ0n) is 12.6. The summed E-state index contributed by atoms with van der Waals surface area (Å²) in [5.74, 6) is -0.0619. The molecule has 4 nitrogen and oxygen atoms in total. The predicted molar refractivity (Wildman–Crippen MR) is 81.1 cm³/mol. The predicted octanol–water partition coefficient (Wildman–Crippen LogP) is 1.01. The van der Waals surface area contributed by atoms with Gasteiger partial charge in [0.05, 0.1) is 0 Å². The van der Waals surface area contributed by atoms with E-state index in [1.165, 1.54) is 0 Å². The quantitative estimate of drug-likeness (QED) is 0.431. The summed E-state index contributed by atoms with van der Waals surface area (Å²) in [7, 11) is 2.12. The first kappa shape index (κ1) is 16.5. The third-order valence-corrected chi connectivity index (χ3v) is 4.27. The van der Waals surface area contributed by atoms with Crippen molar-refractivity contribution in [1.82, 2.24) is 5.32 Å². The van der Waals surface area contributed by atoms with E-state index in [0.29, 0.717) is 18.4 Å². The number of rotatable bonds is 9. The Morgan fingerprint density at radius 3 is 2.58 bits per heavy atom. The van der Waals surface area contributed by atoms with E-state index in [2.05, 4.69) is 27.0 Å². The van der Waals surface area contributed by atoms with Gasteiger partial charge >= 0.3 is 5.97 Å². The first-order valence-electron chi connectivity index (χ1n) is 7.65. The van der Waals surface area contributed by atoms with Crippen LogP contribution in [0.5, 0.6) is 0 Å². The Labute approximate surface area is 117 Å². The molecule has 1 saturated carbocycles. The Hall–Kier alpha value is -0.545. The Morgan fingerprint density at radius 1 is 1.47 bits per heavy atom. The van der Waals surface area contributed by atoms with Gasteiger partial charge < -0.3 is 16.2 Å². The van der Waals surface area contributed by atoms with Crippen LogP contribution in [0.25, 0.3) is 0 Å². The highest BCUT2D eigenvalue weighted by atomic mass is 16.4. The van der Waals surface area contributed by atoms with Crippen LogP contribution in [0.1, 0.15) is 46.0 Å². The number of aliphatic carboxylic acids is 1. The van der Waals surface area contributed by atoms with Crippen LogP contribution in [0, 0.1) is 11.8 Å². The molecule has 0 aromatic carbocycles. The number of nitrogens with two attached hydrogens (primary N) is 1. The monoisotopic (exact) mass is 268 g/mol. The van der Waals surface area contributed by atoms with E-state index >= 15 is 0 Å². The van der Waals surface area contributed by atoms with E-state index in [-0.39, 0.29) is 5.92 Å². The normalized spacial score (nSPS) is 25.9. The van der Waals surface area contributed by atoms with Gasteiger partial charge in [-0.05, 0) is 37.6 Å². The number of carbonyl (C=O) groups is 1. The molecule has 1 aliphatic carbocycles. The number of hydrogen-bond donors (Lipinski definition) is 3. The largest absolute Gasteiger partial charge is 0.480 e. The zero-order chi connectivity index (χ0) is 14.5. The number of hydrogen-bond acceptors (Lipinski definition) is 3. The van der Waals surface area contributed by atoms with Crippen molar-refractivity contribution in [2.24, 2.45) is 17.6 Å². The highest BCUT2D eigenvalue weighted by molar-refractivity contribution is 6.08. The average molecular weight is 268 g/mol. The SMILES string of the molecule is BCCCCC(N)(C(=O)O)C1CC(NCC(C)C)C1. The molecule has 0 heterocycles. The zero-order valence-corrected chi connectivity index (χ0v) is 12.6. The molecule has 0 amide bonds. The van der Waals surface area contributed by atoms with Crippen molar-refractivity contribution in [3.8, 4) is 0 Å². The van der Waals surface area contributed by atoms with Gasteiger partial charge in [0.2, 0.25) is 0 Å². The Bertz CT molecular complexity index is 293. The lowest BCUT2D eigenvalue weighted by Gasteiger charge is -2.45. The highest BCUT2D eigenvalue weighted by Crippen LogP contribution is 2.38. The summed E-state index contributed by atoms with van der Waals surface area (Å²) < 4.78 is 0. The highest BCUT2D eigenvalue weighted by Gasteiger charge is 2.47. The molecule has 110 valence electrons. The van der Waals surface area contributed by atoms with E-state index in [1.54, 1.807) is 0 Å². The summed E-state index contributed by atoms with van der Waals surface area (Å²) in [6.07, 6.45) is 5.49. The van der Waals surface area contributed by atoms with Gasteiger partial charge in [0.15, 0.2) is 0 Å². The lowest BCUT2D eigenvalue weighted by Crippen LogP contribution is -2.61. The first-order chi connectivity index (χ1) is 8.90. The average Bonchev–Trinajstić information content (AvgIpc) is 2.26. The van der Waals surface area contributed by atoms with Crippen LogP contribution in [0.4, 0.5) is 0 Å². The first-order valence-corrected chi connectivity index (χ1v) is 7.65. The Kier molecular flexibility index (Phi) is 6.34. The van der Waals surface area contributed by atoms with Crippen LogP contribution in [-0.2, 0) is 4.79 Å². The summed E-state index contributed by atoms with van der Waals surface area (Å²) in [4.78, 5) is 11.5. The molecule has 0 aromatic heterocycles. The van der Waals surface area contributed by atoms with Crippen LogP contribution < -0.4 is 11.1 Å². The maximum Gasteiger partial charge on any atom is 0.323 e. The Balaban J connectivity index is 2.40. The van der Waals surface area contributed by atoms with Crippen molar-refractivity contribution in [3.05, 3.63) is 0 Å². The van der Waals surface area contributed by atoms with Crippen molar-refractivity contribution in [2.45, 2.75) is 63.9 Å². The molecule has 0 aromatic rings. The lowest BCUT2D eigenvalue weighted by atomic mass is 9.66. The van der Waals surface area contributed by atoms with Gasteiger partial charge in [-0.1, -0.05) is 33.0 Å². The summed E-state index contributed by atoms with van der Waals surface area (Å²) >= 11 is 0. The molecule has 19 heavy (non-hydrogen) atoms. The standard InChI is InChI=1S/C14H29BN2O2/c1-10(2)9-17-12-7-11(8-12)14(16,13(18)19)5-3-4-6-15/h10-12,17H,3-9,15-16H2,1-2H3,(H,18,19). The van der Waals surface area contributed by atoms with E-state index in [9.17, 15) is 9.90 Å². The van der Waals surface area contributed by atoms with E-state index < -0.39 is 11.5 Å². The van der Waals surface area contributed by atoms with Crippen LogP contribution in [0.2, 0.25) is 6.32 Å². The van der Waals surface area contributed by atoms with Gasteiger partial charge in [-0.3, -0.25) is 4.79 Å². The second kappa shape index (κ2) is 7.29. The number of carboxylic acids is 1. The molecule has 0 saturated heterocycles. The molecule has 0 radical (unpaired) electrons. The minimum Gasteiger partial charge on any atom is -0.480 e. The summed E-state index contributed by atoms with van der Waals surface area (Å²) in [6, 6.07) is 0.459. The molecule has 1 fully saturated rings. The van der Waals surface area contributed by atoms with Crippen LogP contribution in [0.15, 0.2) is 0 Å². The molecule has 1 unspecified atom stereocenters. The fourth-order valence-electron chi connectivity index (χ4n) is 2.76. The molecular formula is C14H29BN2O2. The number of carboxylic acid groups (broad SMARTS) is 1. The molecule has 0 bridgehead atoms. The van der Waals surface area contributed by atoms with Gasteiger partial charge in [-0.15, -0.1) is 0 Å². The van der Waals surface area contributed by atoms with Gasteiger partial charge in [0.1, 0.15) is 13.4 Å². The smallest absolute Gasteiger partial charge is 0.323 e. The summed E-state index contributed by atoms with van der Waals surface area (Å²) in [5, 5.41) is 12.9. The van der Waals surface area contributed by atoms with Gasteiger partial charge in [-0.2, -0.15) is 0 Å². The van der Waals surface area contributed by atoms with E-state index in [4.69, 9.17) is 5.73 Å².